The van der Waals surface area contributed by atoms with Crippen molar-refractivity contribution in [3.8, 4) is 0 Å². The molecule has 4 aromatic rings. The third kappa shape index (κ3) is 2.34. The fourth-order valence-corrected chi connectivity index (χ4v) is 3.01. The molecule has 1 aromatic carbocycles. The molecular formula is C17H19N7. The molecule has 3 aromatic heterocycles. The second-order valence-corrected chi connectivity index (χ2v) is 5.73. The van der Waals surface area contributed by atoms with Crippen molar-refractivity contribution in [1.29, 1.82) is 0 Å². The Bertz CT molecular complexity index is 999. The fraction of sp³-hybridized carbons (Fsp3) is 0.235. The van der Waals surface area contributed by atoms with E-state index in [1.54, 1.807) is 6.20 Å². The van der Waals surface area contributed by atoms with Crippen LogP contribution in [-0.4, -0.2) is 38.2 Å². The largest absolute Gasteiger partial charge is 0.367 e. The molecular weight excluding hydrogens is 302 g/mol. The molecule has 24 heavy (non-hydrogen) atoms. The summed E-state index contributed by atoms with van der Waals surface area (Å²) in [5, 5.41) is 15.9. The number of aromatic nitrogens is 5. The van der Waals surface area contributed by atoms with Gasteiger partial charge in [-0.2, -0.15) is 0 Å². The van der Waals surface area contributed by atoms with Crippen molar-refractivity contribution in [3.05, 3.63) is 47.9 Å². The van der Waals surface area contributed by atoms with E-state index in [-0.39, 0.29) is 0 Å². The van der Waals surface area contributed by atoms with Crippen LogP contribution in [0.4, 0.5) is 11.8 Å². The average molecular weight is 321 g/mol. The highest BCUT2D eigenvalue weighted by Gasteiger charge is 2.09. The topological polar surface area (TPSA) is 82.9 Å². The van der Waals surface area contributed by atoms with E-state index in [2.05, 4.69) is 62.1 Å². The Kier molecular flexibility index (Phi) is 3.53. The van der Waals surface area contributed by atoms with Crippen LogP contribution >= 0.6 is 0 Å². The van der Waals surface area contributed by atoms with Gasteiger partial charge in [-0.05, 0) is 24.5 Å². The first kappa shape index (κ1) is 14.5. The fourth-order valence-electron chi connectivity index (χ4n) is 3.01. The molecule has 3 N–H and O–H groups in total. The summed E-state index contributed by atoms with van der Waals surface area (Å²) in [6, 6.07) is 6.38. The molecule has 7 nitrogen and oxygen atoms in total. The maximum absolute atomic E-state index is 4.38. The maximum Gasteiger partial charge on any atom is 0.228 e. The number of anilines is 2. The number of hydrogen-bond donors (Lipinski definition) is 3. The molecule has 0 saturated heterocycles. The predicted molar refractivity (Wildman–Crippen MR) is 95.6 cm³/mol. The highest BCUT2D eigenvalue weighted by molar-refractivity contribution is 5.85. The minimum Gasteiger partial charge on any atom is -0.367 e. The number of para-hydroxylation sites is 1. The summed E-state index contributed by atoms with van der Waals surface area (Å²) in [4.78, 5) is 7.75. The summed E-state index contributed by atoms with van der Waals surface area (Å²) < 4.78 is 1.88. The minimum absolute atomic E-state index is 0.697. The number of aromatic amines is 1. The van der Waals surface area contributed by atoms with Crippen LogP contribution in [0.15, 0.2) is 36.8 Å². The lowest BCUT2D eigenvalue weighted by Crippen LogP contribution is -2.08. The first-order chi connectivity index (χ1) is 11.8. The molecule has 0 spiro atoms. The highest BCUT2D eigenvalue weighted by atomic mass is 15.3. The van der Waals surface area contributed by atoms with E-state index < -0.39 is 0 Å². The smallest absolute Gasteiger partial charge is 0.228 e. The van der Waals surface area contributed by atoms with Gasteiger partial charge in [0.1, 0.15) is 0 Å². The third-order valence-corrected chi connectivity index (χ3v) is 4.25. The highest BCUT2D eigenvalue weighted by Crippen LogP contribution is 2.22. The van der Waals surface area contributed by atoms with Crippen molar-refractivity contribution in [2.75, 3.05) is 24.2 Å². The van der Waals surface area contributed by atoms with Gasteiger partial charge in [0.15, 0.2) is 5.82 Å². The molecule has 0 amide bonds. The normalized spacial score (nSPS) is 11.2. The SMILES string of the molecule is CNc1nnc2c(NCCc3c[nH]c4c(C)cccc34)nccn12. The van der Waals surface area contributed by atoms with Gasteiger partial charge < -0.3 is 15.6 Å². The molecule has 122 valence electrons. The number of benzene rings is 1. The van der Waals surface area contributed by atoms with E-state index >= 15 is 0 Å². The van der Waals surface area contributed by atoms with E-state index in [0.717, 1.165) is 24.4 Å². The van der Waals surface area contributed by atoms with E-state index in [1.165, 1.54) is 22.0 Å². The van der Waals surface area contributed by atoms with Gasteiger partial charge in [-0.1, -0.05) is 18.2 Å². The van der Waals surface area contributed by atoms with Crippen LogP contribution in [0, 0.1) is 6.92 Å². The van der Waals surface area contributed by atoms with Crippen molar-refractivity contribution < 1.29 is 0 Å². The first-order valence-corrected chi connectivity index (χ1v) is 7.95. The molecule has 0 aliphatic rings. The first-order valence-electron chi connectivity index (χ1n) is 7.95. The average Bonchev–Trinajstić information content (AvgIpc) is 3.20. The van der Waals surface area contributed by atoms with Crippen LogP contribution in [-0.2, 0) is 6.42 Å². The van der Waals surface area contributed by atoms with Crippen molar-refractivity contribution >= 4 is 28.3 Å². The number of H-pyrrole nitrogens is 1. The van der Waals surface area contributed by atoms with Gasteiger partial charge in [0.25, 0.3) is 0 Å². The molecule has 0 aliphatic carbocycles. The van der Waals surface area contributed by atoms with E-state index in [0.29, 0.717) is 5.95 Å². The van der Waals surface area contributed by atoms with E-state index in [1.807, 2.05) is 17.6 Å². The van der Waals surface area contributed by atoms with Crippen molar-refractivity contribution in [1.82, 2.24) is 24.6 Å². The second-order valence-electron chi connectivity index (χ2n) is 5.73. The zero-order chi connectivity index (χ0) is 16.5. The Labute approximate surface area is 139 Å². The van der Waals surface area contributed by atoms with Gasteiger partial charge >= 0.3 is 0 Å². The van der Waals surface area contributed by atoms with Crippen LogP contribution in [0.5, 0.6) is 0 Å². The van der Waals surface area contributed by atoms with Gasteiger partial charge in [-0.15, -0.1) is 10.2 Å². The van der Waals surface area contributed by atoms with Gasteiger partial charge in [0.05, 0.1) is 0 Å². The van der Waals surface area contributed by atoms with Gasteiger partial charge in [0.2, 0.25) is 11.6 Å². The van der Waals surface area contributed by atoms with Gasteiger partial charge in [-0.3, -0.25) is 4.40 Å². The third-order valence-electron chi connectivity index (χ3n) is 4.25. The summed E-state index contributed by atoms with van der Waals surface area (Å²) in [6.45, 7) is 2.89. The number of aryl methyl sites for hydroxylation is 1. The molecule has 7 heteroatoms. The number of nitrogens with zero attached hydrogens (tertiary/aromatic N) is 4. The van der Waals surface area contributed by atoms with Crippen LogP contribution in [0.25, 0.3) is 16.6 Å². The molecule has 4 rings (SSSR count). The monoisotopic (exact) mass is 321 g/mol. The Morgan fingerprint density at radius 1 is 1.25 bits per heavy atom. The van der Waals surface area contributed by atoms with Crippen LogP contribution in [0.1, 0.15) is 11.1 Å². The Hall–Kier alpha value is -3.09. The predicted octanol–water partition coefficient (Wildman–Crippen LogP) is 2.61. The molecule has 0 aliphatic heterocycles. The standard InChI is InChI=1S/C17H19N7/c1-11-4-3-5-13-12(10-21-14(11)13)6-7-19-15-16-22-23-17(18-2)24(16)9-8-20-15/h3-5,8-10,21H,6-7H2,1-2H3,(H,18,23)(H,19,20). The molecule has 0 bridgehead atoms. The summed E-state index contributed by atoms with van der Waals surface area (Å²) in [5.74, 6) is 1.44. The van der Waals surface area contributed by atoms with Crippen molar-refractivity contribution in [3.63, 3.8) is 0 Å². The molecule has 0 saturated carbocycles. The van der Waals surface area contributed by atoms with E-state index in [4.69, 9.17) is 0 Å². The lowest BCUT2D eigenvalue weighted by molar-refractivity contribution is 1.00. The minimum atomic E-state index is 0.697. The molecule has 3 heterocycles. The quantitative estimate of drug-likeness (QED) is 0.526. The molecule has 0 fully saturated rings. The van der Waals surface area contributed by atoms with Crippen molar-refractivity contribution in [2.45, 2.75) is 13.3 Å². The van der Waals surface area contributed by atoms with E-state index in [9.17, 15) is 0 Å². The van der Waals surface area contributed by atoms with Gasteiger partial charge in [-0.25, -0.2) is 4.98 Å². The Balaban J connectivity index is 1.53. The number of hydrogen-bond acceptors (Lipinski definition) is 5. The molecule has 0 atom stereocenters. The number of nitrogens with one attached hydrogen (secondary N) is 3. The zero-order valence-electron chi connectivity index (χ0n) is 13.7. The molecule has 0 unspecified atom stereocenters. The number of rotatable bonds is 5. The maximum atomic E-state index is 4.38. The Morgan fingerprint density at radius 2 is 2.17 bits per heavy atom. The number of fused-ring (bicyclic) bond motifs is 2. The van der Waals surface area contributed by atoms with Crippen molar-refractivity contribution in [2.24, 2.45) is 0 Å². The molecule has 0 radical (unpaired) electrons. The zero-order valence-corrected chi connectivity index (χ0v) is 13.7. The summed E-state index contributed by atoms with van der Waals surface area (Å²) in [6.07, 6.45) is 6.58. The Morgan fingerprint density at radius 3 is 3.04 bits per heavy atom. The summed E-state index contributed by atoms with van der Waals surface area (Å²) >= 11 is 0. The lowest BCUT2D eigenvalue weighted by Gasteiger charge is -2.06. The lowest BCUT2D eigenvalue weighted by atomic mass is 10.1. The summed E-state index contributed by atoms with van der Waals surface area (Å²) in [7, 11) is 1.82. The summed E-state index contributed by atoms with van der Waals surface area (Å²) in [5.41, 5.74) is 4.49. The second kappa shape index (κ2) is 5.84. The van der Waals surface area contributed by atoms with Crippen LogP contribution in [0.3, 0.4) is 0 Å². The van der Waals surface area contributed by atoms with Crippen LogP contribution < -0.4 is 10.6 Å². The van der Waals surface area contributed by atoms with Crippen LogP contribution in [0.2, 0.25) is 0 Å². The van der Waals surface area contributed by atoms with Gasteiger partial charge in [0, 0.05) is 43.1 Å².